The molecule has 0 aromatic heterocycles. The summed E-state index contributed by atoms with van der Waals surface area (Å²) >= 11 is 0. The second kappa shape index (κ2) is 11.6. The summed E-state index contributed by atoms with van der Waals surface area (Å²) in [7, 11) is 0. The third-order valence-corrected chi connectivity index (χ3v) is 7.73. The van der Waals surface area contributed by atoms with Gasteiger partial charge in [0, 0.05) is 43.4 Å². The van der Waals surface area contributed by atoms with E-state index in [9.17, 15) is 24.9 Å². The number of aromatic hydroxyl groups is 1. The maximum Gasteiger partial charge on any atom is 0.374 e. The summed E-state index contributed by atoms with van der Waals surface area (Å²) in [5.41, 5.74) is 2.77. The van der Waals surface area contributed by atoms with Gasteiger partial charge < -0.3 is 34.3 Å². The molecule has 9 heteroatoms. The van der Waals surface area contributed by atoms with E-state index < -0.39 is 23.6 Å². The standard InChI is InChI=1S/C32H36O9/c1-4-38-31(36)27-15-22(19-8-11-24(35)21(14-19)18-6-9-20(34)10-7-18)29-26(40-27)17-25-23(30(29)39-13-5-12-33)16-28(41-25)32(2,3)37/h6-7,9-10,15,17,21,28,33-34,37H,4-5,8,11-14,16H2,1-3H3/b22-19-/t21-,28-/m0/s1. The van der Waals surface area contributed by atoms with Crippen LogP contribution < -0.4 is 14.2 Å². The van der Waals surface area contributed by atoms with Gasteiger partial charge in [0.25, 0.3) is 0 Å². The molecule has 3 N–H and O–H groups in total. The van der Waals surface area contributed by atoms with Crippen molar-refractivity contribution in [2.45, 2.75) is 70.5 Å². The summed E-state index contributed by atoms with van der Waals surface area (Å²) in [4.78, 5) is 25.9. The second-order valence-corrected chi connectivity index (χ2v) is 11.1. The van der Waals surface area contributed by atoms with Crippen molar-refractivity contribution >= 4 is 17.3 Å². The highest BCUT2D eigenvalue weighted by molar-refractivity contribution is 5.98. The number of rotatable bonds is 8. The third-order valence-electron chi connectivity index (χ3n) is 7.73. The van der Waals surface area contributed by atoms with E-state index in [0.717, 1.165) is 22.3 Å². The summed E-state index contributed by atoms with van der Waals surface area (Å²) in [5, 5.41) is 29.9. The van der Waals surface area contributed by atoms with Crippen molar-refractivity contribution in [1.82, 2.24) is 0 Å². The molecule has 2 aromatic rings. The lowest BCUT2D eigenvalue weighted by Gasteiger charge is -2.29. The normalized spacial score (nSPS) is 21.8. The largest absolute Gasteiger partial charge is 0.508 e. The van der Waals surface area contributed by atoms with Gasteiger partial charge in [0.05, 0.1) is 24.4 Å². The van der Waals surface area contributed by atoms with Crippen LogP contribution in [0.2, 0.25) is 0 Å². The number of carbonyl (C=O) groups excluding carboxylic acids is 2. The maximum absolute atomic E-state index is 13.0. The molecule has 0 bridgehead atoms. The number of esters is 1. The Balaban J connectivity index is 1.67. The van der Waals surface area contributed by atoms with Crippen LogP contribution in [0.25, 0.3) is 5.57 Å². The van der Waals surface area contributed by atoms with E-state index in [1.807, 2.05) is 0 Å². The SMILES string of the molecule is CCOC(=O)C1=C/C(=C2\CCC(=O)[C@H](c3ccc(O)cc3)C2)c2c(cc3c(c2OCCCO)C[C@@H](C(C)(C)O)O3)O1. The summed E-state index contributed by atoms with van der Waals surface area (Å²) < 4.78 is 23.8. The first-order valence-corrected chi connectivity index (χ1v) is 14.0. The van der Waals surface area contributed by atoms with Gasteiger partial charge in [0.1, 0.15) is 34.9 Å². The van der Waals surface area contributed by atoms with Gasteiger partial charge in [-0.3, -0.25) is 4.79 Å². The first-order valence-electron chi connectivity index (χ1n) is 14.0. The lowest BCUT2D eigenvalue weighted by molar-refractivity contribution is -0.141. The molecular weight excluding hydrogens is 528 g/mol. The Bertz CT molecular complexity index is 1400. The Kier molecular flexibility index (Phi) is 8.11. The molecule has 2 heterocycles. The second-order valence-electron chi connectivity index (χ2n) is 11.1. The minimum atomic E-state index is -1.13. The minimum absolute atomic E-state index is 0.0122. The van der Waals surface area contributed by atoms with Crippen molar-refractivity contribution in [3.8, 4) is 23.0 Å². The zero-order chi connectivity index (χ0) is 29.3. The van der Waals surface area contributed by atoms with Crippen LogP contribution in [0.15, 0.2) is 47.7 Å². The minimum Gasteiger partial charge on any atom is -0.508 e. The molecule has 1 aliphatic carbocycles. The number of carbonyl (C=O) groups is 2. The fourth-order valence-electron chi connectivity index (χ4n) is 5.56. The van der Waals surface area contributed by atoms with E-state index in [2.05, 4.69) is 0 Å². The molecule has 0 amide bonds. The predicted octanol–water partition coefficient (Wildman–Crippen LogP) is 4.36. The van der Waals surface area contributed by atoms with E-state index in [0.29, 0.717) is 54.9 Å². The molecule has 5 rings (SSSR count). The van der Waals surface area contributed by atoms with Gasteiger partial charge in [-0.1, -0.05) is 17.7 Å². The molecule has 1 fully saturated rings. The summed E-state index contributed by atoms with van der Waals surface area (Å²) in [5.74, 6) is 0.578. The van der Waals surface area contributed by atoms with Gasteiger partial charge in [-0.25, -0.2) is 4.79 Å². The molecule has 218 valence electrons. The summed E-state index contributed by atoms with van der Waals surface area (Å²) in [6.45, 7) is 5.44. The van der Waals surface area contributed by atoms with Gasteiger partial charge in [-0.2, -0.15) is 0 Å². The number of ketones is 1. The number of hydrogen-bond acceptors (Lipinski definition) is 9. The van der Waals surface area contributed by atoms with Crippen LogP contribution in [0.5, 0.6) is 23.0 Å². The Morgan fingerprint density at radius 2 is 1.88 bits per heavy atom. The van der Waals surface area contributed by atoms with Crippen molar-refractivity contribution in [3.63, 3.8) is 0 Å². The average molecular weight is 565 g/mol. The van der Waals surface area contributed by atoms with E-state index in [1.54, 1.807) is 57.2 Å². The lowest BCUT2D eigenvalue weighted by atomic mass is 9.77. The maximum atomic E-state index is 13.0. The monoisotopic (exact) mass is 564 g/mol. The van der Waals surface area contributed by atoms with Crippen LogP contribution in [0.4, 0.5) is 0 Å². The number of benzene rings is 2. The highest BCUT2D eigenvalue weighted by Crippen LogP contribution is 2.52. The lowest BCUT2D eigenvalue weighted by Crippen LogP contribution is -2.39. The van der Waals surface area contributed by atoms with Gasteiger partial charge in [-0.15, -0.1) is 0 Å². The first-order chi connectivity index (χ1) is 19.6. The smallest absolute Gasteiger partial charge is 0.374 e. The van der Waals surface area contributed by atoms with Gasteiger partial charge >= 0.3 is 5.97 Å². The van der Waals surface area contributed by atoms with Crippen LogP contribution in [0.1, 0.15) is 69.1 Å². The molecule has 3 aliphatic rings. The molecule has 2 aromatic carbocycles. The van der Waals surface area contributed by atoms with Crippen LogP contribution in [-0.2, 0) is 20.7 Å². The van der Waals surface area contributed by atoms with E-state index in [1.165, 1.54) is 0 Å². The molecule has 41 heavy (non-hydrogen) atoms. The topological polar surface area (TPSA) is 132 Å². The predicted molar refractivity (Wildman–Crippen MR) is 150 cm³/mol. The molecule has 9 nitrogen and oxygen atoms in total. The molecule has 0 saturated heterocycles. The van der Waals surface area contributed by atoms with Gasteiger partial charge in [-0.05, 0) is 63.0 Å². The van der Waals surface area contributed by atoms with Crippen LogP contribution >= 0.6 is 0 Å². The molecule has 0 spiro atoms. The molecule has 2 aliphatic heterocycles. The number of ether oxygens (including phenoxy) is 4. The zero-order valence-corrected chi connectivity index (χ0v) is 23.6. The summed E-state index contributed by atoms with van der Waals surface area (Å²) in [6, 6.07) is 8.37. The number of hydrogen-bond donors (Lipinski definition) is 3. The highest BCUT2D eigenvalue weighted by atomic mass is 16.6. The Hall–Kier alpha value is -3.82. The molecule has 0 radical (unpaired) electrons. The van der Waals surface area contributed by atoms with Crippen LogP contribution in [0, 0.1) is 0 Å². The number of fused-ring (bicyclic) bond motifs is 2. The number of phenols is 1. The zero-order valence-electron chi connectivity index (χ0n) is 23.6. The molecule has 0 unspecified atom stereocenters. The summed E-state index contributed by atoms with van der Waals surface area (Å²) in [6.07, 6.45) is 3.16. The Morgan fingerprint density at radius 1 is 1.12 bits per heavy atom. The quantitative estimate of drug-likeness (QED) is 0.316. The number of phenolic OH excluding ortho intramolecular Hbond substituents is 1. The van der Waals surface area contributed by atoms with Gasteiger partial charge in [0.2, 0.25) is 5.76 Å². The first kappa shape index (κ1) is 28.7. The van der Waals surface area contributed by atoms with Crippen LogP contribution in [-0.4, -0.2) is 58.6 Å². The van der Waals surface area contributed by atoms with Crippen molar-refractivity contribution in [2.24, 2.45) is 0 Å². The van der Waals surface area contributed by atoms with E-state index in [4.69, 9.17) is 18.9 Å². The fourth-order valence-corrected chi connectivity index (χ4v) is 5.56. The Labute approximate surface area is 239 Å². The number of Topliss-reactive ketones (excluding diaryl/α,β-unsaturated/α-hetero) is 1. The van der Waals surface area contributed by atoms with Crippen molar-refractivity contribution < 1.29 is 43.9 Å². The Morgan fingerprint density at radius 3 is 2.56 bits per heavy atom. The van der Waals surface area contributed by atoms with E-state index >= 15 is 0 Å². The van der Waals surface area contributed by atoms with Crippen LogP contribution in [0.3, 0.4) is 0 Å². The van der Waals surface area contributed by atoms with Crippen molar-refractivity contribution in [3.05, 3.63) is 64.4 Å². The molecular formula is C32H36O9. The fraction of sp³-hybridized carbons (Fsp3) is 0.438. The third kappa shape index (κ3) is 5.83. The molecule has 1 saturated carbocycles. The van der Waals surface area contributed by atoms with Crippen molar-refractivity contribution in [1.29, 1.82) is 0 Å². The molecule has 2 atom stereocenters. The van der Waals surface area contributed by atoms with Gasteiger partial charge in [0.15, 0.2) is 0 Å². The number of allylic oxidation sites excluding steroid dienone is 3. The highest BCUT2D eigenvalue weighted by Gasteiger charge is 2.40. The average Bonchev–Trinajstić information content (AvgIpc) is 3.38. The van der Waals surface area contributed by atoms with E-state index in [-0.39, 0.29) is 37.1 Å². The number of aliphatic hydroxyl groups is 2. The van der Waals surface area contributed by atoms with Crippen molar-refractivity contribution in [2.75, 3.05) is 19.8 Å². The number of aliphatic hydroxyl groups excluding tert-OH is 1.